The van der Waals surface area contributed by atoms with E-state index >= 15 is 0 Å². The molecule has 1 N–H and O–H groups in total. The smallest absolute Gasteiger partial charge is 0.223 e. The average Bonchev–Trinajstić information content (AvgIpc) is 2.55. The van der Waals surface area contributed by atoms with Gasteiger partial charge in [-0.1, -0.05) is 0 Å². The van der Waals surface area contributed by atoms with Gasteiger partial charge < -0.3 is 5.32 Å². The summed E-state index contributed by atoms with van der Waals surface area (Å²) in [6.45, 7) is 10.9. The molecule has 5 heteroatoms. The predicted molar refractivity (Wildman–Crippen MR) is 76.3 cm³/mol. The Morgan fingerprint density at radius 3 is 2.21 bits per heavy atom. The van der Waals surface area contributed by atoms with Crippen LogP contribution in [0.5, 0.6) is 0 Å². The third kappa shape index (κ3) is 3.53. The van der Waals surface area contributed by atoms with Gasteiger partial charge in [-0.25, -0.2) is 9.97 Å². The normalized spacial score (nSPS) is 12.5. The van der Waals surface area contributed by atoms with Crippen molar-refractivity contribution in [1.82, 2.24) is 19.7 Å². The first-order chi connectivity index (χ1) is 8.94. The van der Waals surface area contributed by atoms with Crippen LogP contribution in [0.3, 0.4) is 0 Å². The third-order valence-corrected chi connectivity index (χ3v) is 2.91. The third-order valence-electron chi connectivity index (χ3n) is 2.91. The van der Waals surface area contributed by atoms with Crippen LogP contribution in [-0.4, -0.2) is 25.8 Å². The number of aryl methyl sites for hydroxylation is 4. The lowest BCUT2D eigenvalue weighted by Gasteiger charge is -2.15. The molecule has 0 amide bonds. The molecule has 0 spiro atoms. The van der Waals surface area contributed by atoms with Crippen molar-refractivity contribution in [2.24, 2.45) is 0 Å². The number of nitrogens with zero attached hydrogens (tertiary/aromatic N) is 4. The summed E-state index contributed by atoms with van der Waals surface area (Å²) < 4.78 is 2.01. The Hall–Kier alpha value is -1.91. The van der Waals surface area contributed by atoms with Gasteiger partial charge in [0.25, 0.3) is 0 Å². The number of hydrogen-bond acceptors (Lipinski definition) is 4. The van der Waals surface area contributed by atoms with Crippen LogP contribution in [-0.2, 0) is 6.54 Å². The average molecular weight is 259 g/mol. The van der Waals surface area contributed by atoms with Gasteiger partial charge in [0.1, 0.15) is 0 Å². The quantitative estimate of drug-likeness (QED) is 0.916. The summed E-state index contributed by atoms with van der Waals surface area (Å²) in [5.41, 5.74) is 4.18. The molecule has 19 heavy (non-hydrogen) atoms. The molecule has 2 heterocycles. The first-order valence-electron chi connectivity index (χ1n) is 6.54. The SMILES string of the molecule is Cc1cc(C)nc(N[C@H](C)Cn2nc(C)cc2C)n1. The largest absolute Gasteiger partial charge is 0.350 e. The summed E-state index contributed by atoms with van der Waals surface area (Å²) in [5.74, 6) is 0.687. The van der Waals surface area contributed by atoms with E-state index in [0.717, 1.165) is 23.6 Å². The van der Waals surface area contributed by atoms with Gasteiger partial charge in [-0.05, 0) is 46.8 Å². The Bertz CT molecular complexity index is 553. The highest BCUT2D eigenvalue weighted by Crippen LogP contribution is 2.08. The maximum absolute atomic E-state index is 4.46. The van der Waals surface area contributed by atoms with Gasteiger partial charge in [0.15, 0.2) is 0 Å². The molecule has 0 aromatic carbocycles. The summed E-state index contributed by atoms with van der Waals surface area (Å²) in [6.07, 6.45) is 0. The van der Waals surface area contributed by atoms with E-state index in [-0.39, 0.29) is 6.04 Å². The lowest BCUT2D eigenvalue weighted by molar-refractivity contribution is 0.543. The number of rotatable bonds is 4. The second-order valence-electron chi connectivity index (χ2n) is 5.13. The van der Waals surface area contributed by atoms with Gasteiger partial charge in [0, 0.05) is 23.1 Å². The Morgan fingerprint density at radius 1 is 1.05 bits per heavy atom. The second-order valence-corrected chi connectivity index (χ2v) is 5.13. The molecule has 0 aliphatic carbocycles. The summed E-state index contributed by atoms with van der Waals surface area (Å²) >= 11 is 0. The number of nitrogens with one attached hydrogen (secondary N) is 1. The van der Waals surface area contributed by atoms with Crippen LogP contribution in [0, 0.1) is 27.7 Å². The molecule has 0 fully saturated rings. The van der Waals surface area contributed by atoms with Crippen LogP contribution in [0.2, 0.25) is 0 Å². The Kier molecular flexibility index (Phi) is 3.83. The van der Waals surface area contributed by atoms with Crippen molar-refractivity contribution < 1.29 is 0 Å². The highest BCUT2D eigenvalue weighted by atomic mass is 15.3. The minimum absolute atomic E-state index is 0.221. The van der Waals surface area contributed by atoms with Crippen LogP contribution >= 0.6 is 0 Å². The summed E-state index contributed by atoms with van der Waals surface area (Å²) in [7, 11) is 0. The van der Waals surface area contributed by atoms with E-state index in [2.05, 4.69) is 40.3 Å². The van der Waals surface area contributed by atoms with E-state index in [4.69, 9.17) is 0 Å². The van der Waals surface area contributed by atoms with Crippen molar-refractivity contribution in [2.45, 2.75) is 47.2 Å². The van der Waals surface area contributed by atoms with Crippen molar-refractivity contribution in [3.05, 3.63) is 34.9 Å². The summed E-state index contributed by atoms with van der Waals surface area (Å²) in [4.78, 5) is 8.78. The van der Waals surface area contributed by atoms with Crippen molar-refractivity contribution >= 4 is 5.95 Å². The topological polar surface area (TPSA) is 55.6 Å². The first-order valence-corrected chi connectivity index (χ1v) is 6.54. The van der Waals surface area contributed by atoms with Crippen molar-refractivity contribution in [3.63, 3.8) is 0 Å². The Labute approximate surface area is 114 Å². The van der Waals surface area contributed by atoms with Gasteiger partial charge in [0.2, 0.25) is 5.95 Å². The lowest BCUT2D eigenvalue weighted by Crippen LogP contribution is -2.24. The van der Waals surface area contributed by atoms with E-state index in [1.165, 1.54) is 5.69 Å². The van der Waals surface area contributed by atoms with Crippen LogP contribution in [0.25, 0.3) is 0 Å². The minimum atomic E-state index is 0.221. The van der Waals surface area contributed by atoms with Gasteiger partial charge in [-0.3, -0.25) is 4.68 Å². The molecule has 5 nitrogen and oxygen atoms in total. The van der Waals surface area contributed by atoms with E-state index in [1.54, 1.807) is 0 Å². The fourth-order valence-electron chi connectivity index (χ4n) is 2.18. The lowest BCUT2D eigenvalue weighted by atomic mass is 10.3. The summed E-state index contributed by atoms with van der Waals surface area (Å²) in [6, 6.07) is 4.27. The van der Waals surface area contributed by atoms with Crippen molar-refractivity contribution in [1.29, 1.82) is 0 Å². The Morgan fingerprint density at radius 2 is 1.68 bits per heavy atom. The van der Waals surface area contributed by atoms with Crippen molar-refractivity contribution in [3.8, 4) is 0 Å². The first kappa shape index (κ1) is 13.5. The fraction of sp³-hybridized carbons (Fsp3) is 0.500. The van der Waals surface area contributed by atoms with Gasteiger partial charge in [0.05, 0.1) is 12.2 Å². The molecule has 2 rings (SSSR count). The van der Waals surface area contributed by atoms with Crippen LogP contribution < -0.4 is 5.32 Å². The zero-order chi connectivity index (χ0) is 14.0. The van der Waals surface area contributed by atoms with Gasteiger partial charge in [-0.15, -0.1) is 0 Å². The molecule has 0 bridgehead atoms. The predicted octanol–water partition coefficient (Wildman–Crippen LogP) is 2.41. The standard InChI is InChI=1S/C14H21N5/c1-9-6-10(2)16-14(15-9)17-12(4)8-19-13(5)7-11(3)18-19/h6-7,12H,8H2,1-5H3,(H,15,16,17)/t12-/m1/s1. The van der Waals surface area contributed by atoms with E-state index in [9.17, 15) is 0 Å². The van der Waals surface area contributed by atoms with Crippen LogP contribution in [0.4, 0.5) is 5.95 Å². The number of aromatic nitrogens is 4. The molecule has 0 unspecified atom stereocenters. The molecule has 102 valence electrons. The van der Waals surface area contributed by atoms with Crippen molar-refractivity contribution in [2.75, 3.05) is 5.32 Å². The second kappa shape index (κ2) is 5.38. The fourth-order valence-corrected chi connectivity index (χ4v) is 2.18. The van der Waals surface area contributed by atoms with E-state index in [1.807, 2.05) is 31.5 Å². The molecule has 0 saturated heterocycles. The molecule has 2 aromatic rings. The molecular weight excluding hydrogens is 238 g/mol. The van der Waals surface area contributed by atoms with Crippen LogP contribution in [0.1, 0.15) is 29.7 Å². The van der Waals surface area contributed by atoms with Crippen LogP contribution in [0.15, 0.2) is 12.1 Å². The zero-order valence-electron chi connectivity index (χ0n) is 12.2. The minimum Gasteiger partial charge on any atom is -0.350 e. The molecule has 0 saturated carbocycles. The van der Waals surface area contributed by atoms with E-state index in [0.29, 0.717) is 5.95 Å². The zero-order valence-corrected chi connectivity index (χ0v) is 12.2. The highest BCUT2D eigenvalue weighted by Gasteiger charge is 2.08. The van der Waals surface area contributed by atoms with Gasteiger partial charge in [-0.2, -0.15) is 5.10 Å². The number of anilines is 1. The molecule has 0 aliphatic heterocycles. The highest BCUT2D eigenvalue weighted by molar-refractivity contribution is 5.28. The molecule has 0 radical (unpaired) electrons. The maximum atomic E-state index is 4.46. The monoisotopic (exact) mass is 259 g/mol. The molecule has 2 aromatic heterocycles. The maximum Gasteiger partial charge on any atom is 0.223 e. The van der Waals surface area contributed by atoms with Gasteiger partial charge >= 0.3 is 0 Å². The molecule has 1 atom stereocenters. The molecular formula is C14H21N5. The summed E-state index contributed by atoms with van der Waals surface area (Å²) in [5, 5.41) is 7.79. The number of hydrogen-bond donors (Lipinski definition) is 1. The Balaban J connectivity index is 2.05. The van der Waals surface area contributed by atoms with E-state index < -0.39 is 0 Å². The molecule has 0 aliphatic rings.